The molecule has 1 aromatic carbocycles. The first kappa shape index (κ1) is 16.3. The number of benzene rings is 1. The molecule has 1 fully saturated rings. The molecule has 0 aliphatic carbocycles. The van der Waals surface area contributed by atoms with Gasteiger partial charge in [0.25, 0.3) is 0 Å². The highest BCUT2D eigenvalue weighted by molar-refractivity contribution is 5.29. The van der Waals surface area contributed by atoms with E-state index in [4.69, 9.17) is 19.9 Å². The lowest BCUT2D eigenvalue weighted by Crippen LogP contribution is -2.33. The Hall–Kier alpha value is -1.10. The van der Waals surface area contributed by atoms with E-state index in [1.807, 2.05) is 24.3 Å². The average molecular weight is 293 g/mol. The van der Waals surface area contributed by atoms with E-state index in [1.54, 1.807) is 7.11 Å². The fraction of sp³-hybridized carbons (Fsp3) is 0.647. The Kier molecular flexibility index (Phi) is 6.49. The van der Waals surface area contributed by atoms with Crippen molar-refractivity contribution in [3.63, 3.8) is 0 Å². The van der Waals surface area contributed by atoms with Crippen molar-refractivity contribution in [2.24, 2.45) is 5.73 Å². The Morgan fingerprint density at radius 3 is 2.62 bits per heavy atom. The van der Waals surface area contributed by atoms with Gasteiger partial charge in [0.05, 0.1) is 25.9 Å². The van der Waals surface area contributed by atoms with Gasteiger partial charge in [-0.15, -0.1) is 0 Å². The van der Waals surface area contributed by atoms with Gasteiger partial charge in [-0.3, -0.25) is 0 Å². The van der Waals surface area contributed by atoms with Gasteiger partial charge in [0.15, 0.2) is 0 Å². The maximum atomic E-state index is 6.24. The molecule has 0 radical (unpaired) electrons. The summed E-state index contributed by atoms with van der Waals surface area (Å²) in [6.07, 6.45) is 4.46. The summed E-state index contributed by atoms with van der Waals surface area (Å²) in [5.74, 6) is 0.846. The van der Waals surface area contributed by atoms with Gasteiger partial charge in [0, 0.05) is 12.6 Å². The molecule has 1 saturated heterocycles. The van der Waals surface area contributed by atoms with E-state index in [0.717, 1.165) is 37.2 Å². The highest BCUT2D eigenvalue weighted by Gasteiger charge is 2.22. The van der Waals surface area contributed by atoms with Crippen molar-refractivity contribution in [2.75, 3.05) is 20.3 Å². The molecule has 1 aliphatic rings. The summed E-state index contributed by atoms with van der Waals surface area (Å²) in [6.45, 7) is 3.55. The molecule has 3 unspecified atom stereocenters. The molecule has 0 saturated carbocycles. The van der Waals surface area contributed by atoms with Crippen molar-refractivity contribution >= 4 is 0 Å². The second kappa shape index (κ2) is 8.37. The minimum atomic E-state index is -0.0913. The van der Waals surface area contributed by atoms with E-state index in [2.05, 4.69) is 6.92 Å². The third-order valence-electron chi connectivity index (χ3n) is 4.04. The zero-order valence-corrected chi connectivity index (χ0v) is 13.1. The zero-order valence-electron chi connectivity index (χ0n) is 13.1. The van der Waals surface area contributed by atoms with Gasteiger partial charge >= 0.3 is 0 Å². The second-order valence-electron chi connectivity index (χ2n) is 5.59. The topological polar surface area (TPSA) is 53.7 Å². The Labute approximate surface area is 127 Å². The van der Waals surface area contributed by atoms with E-state index in [0.29, 0.717) is 6.61 Å². The predicted octanol–water partition coefficient (Wildman–Crippen LogP) is 3.06. The second-order valence-corrected chi connectivity index (χ2v) is 5.59. The number of nitrogens with two attached hydrogens (primary N) is 1. The van der Waals surface area contributed by atoms with Crippen molar-refractivity contribution in [2.45, 2.75) is 50.9 Å². The molecule has 2 N–H and O–H groups in total. The molecule has 118 valence electrons. The Balaban J connectivity index is 1.99. The Morgan fingerprint density at radius 2 is 2.05 bits per heavy atom. The lowest BCUT2D eigenvalue weighted by Gasteiger charge is -2.28. The van der Waals surface area contributed by atoms with Crippen molar-refractivity contribution < 1.29 is 14.2 Å². The van der Waals surface area contributed by atoms with Crippen LogP contribution in [0.1, 0.15) is 44.3 Å². The summed E-state index contributed by atoms with van der Waals surface area (Å²) in [4.78, 5) is 0. The van der Waals surface area contributed by atoms with Gasteiger partial charge in [-0.25, -0.2) is 0 Å². The van der Waals surface area contributed by atoms with Gasteiger partial charge in [-0.05, 0) is 43.4 Å². The lowest BCUT2D eigenvalue weighted by atomic mass is 10.0. The number of rotatable bonds is 7. The first-order valence-corrected chi connectivity index (χ1v) is 7.87. The Morgan fingerprint density at radius 1 is 1.29 bits per heavy atom. The quantitative estimate of drug-likeness (QED) is 0.839. The summed E-state index contributed by atoms with van der Waals surface area (Å²) in [5, 5.41) is 0. The van der Waals surface area contributed by atoms with E-state index >= 15 is 0 Å². The first-order chi connectivity index (χ1) is 10.2. The van der Waals surface area contributed by atoms with Crippen LogP contribution in [0.2, 0.25) is 0 Å². The third kappa shape index (κ3) is 4.70. The molecule has 0 amide bonds. The SMILES string of the molecule is CCC(N)C(OCC1CCCCO1)c1ccc(OC)cc1. The molecular weight excluding hydrogens is 266 g/mol. The summed E-state index contributed by atoms with van der Waals surface area (Å²) in [5.41, 5.74) is 7.34. The standard InChI is InChI=1S/C17H27NO3/c1-3-16(18)17(13-7-9-14(19-2)10-8-13)21-12-15-6-4-5-11-20-15/h7-10,15-17H,3-6,11-12,18H2,1-2H3. The maximum Gasteiger partial charge on any atom is 0.118 e. The van der Waals surface area contributed by atoms with E-state index < -0.39 is 0 Å². The Bertz CT molecular complexity index is 401. The fourth-order valence-corrected chi connectivity index (χ4v) is 2.62. The molecule has 1 aromatic rings. The third-order valence-corrected chi connectivity index (χ3v) is 4.04. The van der Waals surface area contributed by atoms with Crippen LogP contribution in [0, 0.1) is 0 Å². The normalized spacial score (nSPS) is 21.8. The van der Waals surface area contributed by atoms with Crippen LogP contribution in [0.5, 0.6) is 5.75 Å². The maximum absolute atomic E-state index is 6.24. The fourth-order valence-electron chi connectivity index (χ4n) is 2.62. The summed E-state index contributed by atoms with van der Waals surface area (Å²) < 4.78 is 17.0. The van der Waals surface area contributed by atoms with Gasteiger partial charge in [-0.1, -0.05) is 19.1 Å². The monoisotopic (exact) mass is 293 g/mol. The van der Waals surface area contributed by atoms with Gasteiger partial charge in [-0.2, -0.15) is 0 Å². The van der Waals surface area contributed by atoms with Crippen LogP contribution in [0.15, 0.2) is 24.3 Å². The molecule has 2 rings (SSSR count). The van der Waals surface area contributed by atoms with E-state index in [-0.39, 0.29) is 18.2 Å². The number of ether oxygens (including phenoxy) is 3. The molecule has 1 aliphatic heterocycles. The van der Waals surface area contributed by atoms with Crippen molar-refractivity contribution in [1.82, 2.24) is 0 Å². The molecular formula is C17H27NO3. The van der Waals surface area contributed by atoms with Crippen LogP contribution in [0.25, 0.3) is 0 Å². The molecule has 4 heteroatoms. The minimum absolute atomic E-state index is 0.0121. The van der Waals surface area contributed by atoms with Crippen LogP contribution in [-0.4, -0.2) is 32.5 Å². The van der Waals surface area contributed by atoms with Crippen molar-refractivity contribution in [3.8, 4) is 5.75 Å². The van der Waals surface area contributed by atoms with Crippen LogP contribution in [0.3, 0.4) is 0 Å². The van der Waals surface area contributed by atoms with Crippen LogP contribution >= 0.6 is 0 Å². The van der Waals surface area contributed by atoms with Crippen LogP contribution in [-0.2, 0) is 9.47 Å². The first-order valence-electron chi connectivity index (χ1n) is 7.87. The molecule has 0 aromatic heterocycles. The van der Waals surface area contributed by atoms with E-state index in [9.17, 15) is 0 Å². The predicted molar refractivity (Wildman–Crippen MR) is 83.5 cm³/mol. The molecule has 21 heavy (non-hydrogen) atoms. The average Bonchev–Trinajstić information content (AvgIpc) is 2.56. The summed E-state index contributed by atoms with van der Waals surface area (Å²) in [7, 11) is 1.67. The van der Waals surface area contributed by atoms with Crippen LogP contribution in [0.4, 0.5) is 0 Å². The highest BCUT2D eigenvalue weighted by atomic mass is 16.5. The van der Waals surface area contributed by atoms with Crippen molar-refractivity contribution in [1.29, 1.82) is 0 Å². The van der Waals surface area contributed by atoms with Gasteiger partial charge in [0.1, 0.15) is 5.75 Å². The molecule has 3 atom stereocenters. The smallest absolute Gasteiger partial charge is 0.118 e. The largest absolute Gasteiger partial charge is 0.497 e. The zero-order chi connectivity index (χ0) is 15.1. The van der Waals surface area contributed by atoms with Crippen LogP contribution < -0.4 is 10.5 Å². The minimum Gasteiger partial charge on any atom is -0.497 e. The summed E-state index contributed by atoms with van der Waals surface area (Å²) in [6, 6.07) is 7.94. The molecule has 1 heterocycles. The van der Waals surface area contributed by atoms with Crippen molar-refractivity contribution in [3.05, 3.63) is 29.8 Å². The number of methoxy groups -OCH3 is 1. The van der Waals surface area contributed by atoms with Gasteiger partial charge in [0.2, 0.25) is 0 Å². The van der Waals surface area contributed by atoms with E-state index in [1.165, 1.54) is 6.42 Å². The van der Waals surface area contributed by atoms with Gasteiger partial charge < -0.3 is 19.9 Å². The summed E-state index contributed by atoms with van der Waals surface area (Å²) >= 11 is 0. The number of hydrogen-bond acceptors (Lipinski definition) is 4. The number of hydrogen-bond donors (Lipinski definition) is 1. The molecule has 0 bridgehead atoms. The highest BCUT2D eigenvalue weighted by Crippen LogP contribution is 2.25. The molecule has 0 spiro atoms. The lowest BCUT2D eigenvalue weighted by molar-refractivity contribution is -0.0695. The molecule has 4 nitrogen and oxygen atoms in total.